The Labute approximate surface area is 232 Å². The molecule has 2 nitrogen and oxygen atoms in total. The Bertz CT molecular complexity index is 1140. The summed E-state index contributed by atoms with van der Waals surface area (Å²) >= 11 is 0. The summed E-state index contributed by atoms with van der Waals surface area (Å²) in [5, 5.41) is 5.78. The highest BCUT2D eigenvalue weighted by atomic mass is 31.1. The van der Waals surface area contributed by atoms with E-state index in [1.807, 2.05) is 0 Å². The highest BCUT2D eigenvalue weighted by Gasteiger charge is 2.33. The Balaban J connectivity index is 1.35. The van der Waals surface area contributed by atoms with Gasteiger partial charge < -0.3 is 0 Å². The molecular weight excluding hydrogens is 498 g/mol. The first kappa shape index (κ1) is 27.2. The summed E-state index contributed by atoms with van der Waals surface area (Å²) in [5.41, 5.74) is 0. The molecule has 0 saturated heterocycles. The Morgan fingerprint density at radius 3 is 1.39 bits per heavy atom. The monoisotopic (exact) mass is 538 g/mol. The second-order valence-electron chi connectivity index (χ2n) is 10.3. The average Bonchev–Trinajstić information content (AvgIpc) is 2.99. The normalized spacial score (nSPS) is 17.9. The lowest BCUT2D eigenvalue weighted by Crippen LogP contribution is -2.41. The predicted octanol–water partition coefficient (Wildman–Crippen LogP) is 6.89. The molecule has 4 aromatic carbocycles. The summed E-state index contributed by atoms with van der Waals surface area (Å²) in [6.07, 6.45) is 6.59. The third-order valence-corrected chi connectivity index (χ3v) is 12.8. The van der Waals surface area contributed by atoms with Crippen LogP contribution in [0.1, 0.15) is 32.1 Å². The van der Waals surface area contributed by atoms with Crippen LogP contribution in [0, 0.1) is 5.92 Å². The third kappa shape index (κ3) is 6.62. The summed E-state index contributed by atoms with van der Waals surface area (Å²) in [7, 11) is 3.67. The first-order valence-corrected chi connectivity index (χ1v) is 16.6. The van der Waals surface area contributed by atoms with Gasteiger partial charge in [-0.2, -0.15) is 0 Å². The molecule has 4 aromatic rings. The van der Waals surface area contributed by atoms with E-state index in [1.54, 1.807) is 0 Å². The minimum atomic E-state index is -0.549. The van der Waals surface area contributed by atoms with E-state index < -0.39 is 16.1 Å². The summed E-state index contributed by atoms with van der Waals surface area (Å²) < 4.78 is 5.41. The van der Waals surface area contributed by atoms with Gasteiger partial charge in [0, 0.05) is 28.7 Å². The predicted molar refractivity (Wildman–Crippen MR) is 169 cm³/mol. The molecule has 0 aliphatic heterocycles. The molecule has 1 aliphatic rings. The van der Waals surface area contributed by atoms with E-state index in [9.17, 15) is 0 Å². The van der Waals surface area contributed by atoms with Gasteiger partial charge in [-0.1, -0.05) is 134 Å². The van der Waals surface area contributed by atoms with Crippen molar-refractivity contribution in [2.45, 2.75) is 38.1 Å². The average molecular weight is 539 g/mol. The zero-order valence-corrected chi connectivity index (χ0v) is 24.5. The van der Waals surface area contributed by atoms with Crippen LogP contribution >= 0.6 is 16.1 Å². The van der Waals surface area contributed by atoms with Gasteiger partial charge in [0.05, 0.1) is 0 Å². The Hall–Kier alpha value is -2.34. The number of hydrogen-bond donors (Lipinski definition) is 0. The smallest absolute Gasteiger partial charge is 0.0281 e. The maximum atomic E-state index is 2.76. The second-order valence-corrected chi connectivity index (χ2v) is 14.9. The van der Waals surface area contributed by atoms with E-state index in [-0.39, 0.29) is 0 Å². The number of benzene rings is 4. The van der Waals surface area contributed by atoms with Crippen molar-refractivity contribution in [3.05, 3.63) is 121 Å². The van der Waals surface area contributed by atoms with Crippen molar-refractivity contribution in [2.75, 3.05) is 20.6 Å². The van der Waals surface area contributed by atoms with Crippen LogP contribution in [0.3, 0.4) is 0 Å². The van der Waals surface area contributed by atoms with E-state index in [1.165, 1.54) is 53.3 Å². The van der Waals surface area contributed by atoms with Crippen molar-refractivity contribution >= 4 is 37.4 Å². The van der Waals surface area contributed by atoms with Crippen LogP contribution < -0.4 is 21.2 Å². The van der Waals surface area contributed by atoms with Gasteiger partial charge in [-0.15, -0.1) is 0 Å². The third-order valence-electron chi connectivity index (χ3n) is 7.83. The highest BCUT2D eigenvalue weighted by molar-refractivity contribution is 7.71. The Morgan fingerprint density at radius 2 is 0.947 bits per heavy atom. The van der Waals surface area contributed by atoms with Crippen LogP contribution in [-0.2, 0) is 0 Å². The van der Waals surface area contributed by atoms with Crippen molar-refractivity contribution in [1.29, 1.82) is 0 Å². The molecule has 5 rings (SSSR count). The first-order valence-electron chi connectivity index (χ1n) is 14.0. The lowest BCUT2D eigenvalue weighted by Gasteiger charge is -2.43. The molecule has 0 radical (unpaired) electrons. The minimum Gasteiger partial charge on any atom is -0.278 e. The molecule has 0 amide bonds. The molecule has 2 unspecified atom stereocenters. The summed E-state index contributed by atoms with van der Waals surface area (Å²) in [6, 6.07) is 45.2. The Morgan fingerprint density at radius 1 is 0.553 bits per heavy atom. The molecular formula is C34H40N2P2. The summed E-state index contributed by atoms with van der Waals surface area (Å²) in [5.74, 6) is 0.719. The standard InChI is InChI=1S/C34H40N2P2/c1-35(37(30-18-7-3-8-19-30)31-20-9-4-10-21-31)28-27-29-17-15-16-26-34(29)36(2)38(32-22-11-5-12-23-32)33-24-13-6-14-25-33/h3-14,18-25,29,34H,15-17,26-28H2,1-2H3. The van der Waals surface area contributed by atoms with E-state index in [0.29, 0.717) is 6.04 Å². The fourth-order valence-corrected chi connectivity index (χ4v) is 10.8. The Kier molecular flexibility index (Phi) is 9.77. The van der Waals surface area contributed by atoms with Gasteiger partial charge in [0.25, 0.3) is 0 Å². The van der Waals surface area contributed by atoms with Gasteiger partial charge in [0.15, 0.2) is 0 Å². The topological polar surface area (TPSA) is 6.48 Å². The van der Waals surface area contributed by atoms with Crippen molar-refractivity contribution < 1.29 is 0 Å². The van der Waals surface area contributed by atoms with Gasteiger partial charge in [0.2, 0.25) is 0 Å². The van der Waals surface area contributed by atoms with Crippen molar-refractivity contribution in [3.8, 4) is 0 Å². The highest BCUT2D eigenvalue weighted by Crippen LogP contribution is 2.45. The lowest BCUT2D eigenvalue weighted by atomic mass is 9.82. The number of nitrogens with zero attached hydrogens (tertiary/aromatic N) is 2. The van der Waals surface area contributed by atoms with Gasteiger partial charge in [-0.05, 0) is 60.5 Å². The molecule has 4 heteroatoms. The summed E-state index contributed by atoms with van der Waals surface area (Å²) in [6.45, 7) is 1.12. The molecule has 196 valence electrons. The molecule has 0 heterocycles. The molecule has 1 fully saturated rings. The van der Waals surface area contributed by atoms with Crippen LogP contribution in [0.5, 0.6) is 0 Å². The van der Waals surface area contributed by atoms with Gasteiger partial charge in [-0.3, -0.25) is 9.34 Å². The van der Waals surface area contributed by atoms with Crippen LogP contribution in [0.2, 0.25) is 0 Å². The molecule has 1 aliphatic carbocycles. The fraction of sp³-hybridized carbons (Fsp3) is 0.294. The molecule has 0 aromatic heterocycles. The van der Waals surface area contributed by atoms with Crippen LogP contribution in [0.15, 0.2) is 121 Å². The van der Waals surface area contributed by atoms with E-state index in [4.69, 9.17) is 0 Å². The van der Waals surface area contributed by atoms with Crippen molar-refractivity contribution in [1.82, 2.24) is 9.34 Å². The van der Waals surface area contributed by atoms with Gasteiger partial charge >= 0.3 is 0 Å². The summed E-state index contributed by atoms with van der Waals surface area (Å²) in [4.78, 5) is 0. The number of rotatable bonds is 10. The van der Waals surface area contributed by atoms with Crippen molar-refractivity contribution in [2.24, 2.45) is 5.92 Å². The maximum absolute atomic E-state index is 2.76. The van der Waals surface area contributed by atoms with Crippen LogP contribution in [0.25, 0.3) is 0 Å². The van der Waals surface area contributed by atoms with E-state index >= 15 is 0 Å². The second kappa shape index (κ2) is 13.6. The molecule has 1 saturated carbocycles. The molecule has 0 spiro atoms. The van der Waals surface area contributed by atoms with E-state index in [0.717, 1.165) is 12.5 Å². The minimum absolute atomic E-state index is 0.530. The van der Waals surface area contributed by atoms with Crippen molar-refractivity contribution in [3.63, 3.8) is 0 Å². The zero-order chi connectivity index (χ0) is 26.2. The lowest BCUT2D eigenvalue weighted by molar-refractivity contribution is 0.191. The molecule has 0 bridgehead atoms. The maximum Gasteiger partial charge on any atom is 0.0281 e. The largest absolute Gasteiger partial charge is 0.278 e. The molecule has 38 heavy (non-hydrogen) atoms. The SMILES string of the molecule is CN(CCC1CCCCC1N(C)P(c1ccccc1)c1ccccc1)P(c1ccccc1)c1ccccc1. The quantitative estimate of drug-likeness (QED) is 0.203. The van der Waals surface area contributed by atoms with E-state index in [2.05, 4.69) is 145 Å². The fourth-order valence-electron chi connectivity index (χ4n) is 5.95. The van der Waals surface area contributed by atoms with Gasteiger partial charge in [-0.25, -0.2) is 0 Å². The van der Waals surface area contributed by atoms with Gasteiger partial charge in [0.1, 0.15) is 0 Å². The molecule has 0 N–H and O–H groups in total. The number of hydrogen-bond acceptors (Lipinski definition) is 2. The first-order chi connectivity index (χ1) is 18.7. The zero-order valence-electron chi connectivity index (χ0n) is 22.7. The van der Waals surface area contributed by atoms with Crippen LogP contribution in [0.4, 0.5) is 0 Å². The van der Waals surface area contributed by atoms with Crippen LogP contribution in [-0.4, -0.2) is 36.0 Å². The molecule has 2 atom stereocenters.